The third-order valence-corrected chi connectivity index (χ3v) is 4.84. The highest BCUT2D eigenvalue weighted by Gasteiger charge is 2.36. The Hall–Kier alpha value is -0.880. The number of hydrogen-bond donors (Lipinski definition) is 1. The van der Waals surface area contributed by atoms with Gasteiger partial charge in [0.1, 0.15) is 0 Å². The predicted octanol–water partition coefficient (Wildman–Crippen LogP) is -0.0689. The van der Waals surface area contributed by atoms with Crippen LogP contribution in [0.3, 0.4) is 0 Å². The van der Waals surface area contributed by atoms with E-state index in [1.54, 1.807) is 20.9 Å². The molecule has 0 aromatic carbocycles. The van der Waals surface area contributed by atoms with Crippen LogP contribution in [0.5, 0.6) is 0 Å². The molecule has 0 atom stereocenters. The molecule has 0 unspecified atom stereocenters. The average Bonchev–Trinajstić information content (AvgIpc) is 2.51. The Morgan fingerprint density at radius 1 is 1.57 bits per heavy atom. The minimum atomic E-state index is -3.40. The van der Waals surface area contributed by atoms with Gasteiger partial charge in [-0.1, -0.05) is 0 Å². The zero-order valence-electron chi connectivity index (χ0n) is 8.56. The van der Waals surface area contributed by atoms with E-state index in [2.05, 4.69) is 5.10 Å². The molecule has 2 N–H and O–H groups in total. The van der Waals surface area contributed by atoms with Crippen LogP contribution in [0.4, 0.5) is 0 Å². The Balaban J connectivity index is 3.30. The molecular formula is C8H15N3O2S. The highest BCUT2D eigenvalue weighted by Crippen LogP contribution is 2.23. The van der Waals surface area contributed by atoms with Gasteiger partial charge < -0.3 is 5.73 Å². The Morgan fingerprint density at radius 3 is 2.50 bits per heavy atom. The van der Waals surface area contributed by atoms with Crippen LogP contribution in [0.2, 0.25) is 0 Å². The smallest absolute Gasteiger partial charge is 0.201 e. The van der Waals surface area contributed by atoms with Gasteiger partial charge in [-0.3, -0.25) is 4.68 Å². The molecule has 0 amide bonds. The summed E-state index contributed by atoms with van der Waals surface area (Å²) in [5, 5.41) is 4.03. The van der Waals surface area contributed by atoms with Crippen LogP contribution in [0, 0.1) is 0 Å². The van der Waals surface area contributed by atoms with Gasteiger partial charge >= 0.3 is 0 Å². The van der Waals surface area contributed by atoms with Crippen molar-refractivity contribution >= 4 is 9.84 Å². The predicted molar refractivity (Wildman–Crippen MR) is 53.5 cm³/mol. The molecule has 0 aliphatic rings. The normalized spacial score (nSPS) is 13.1. The minimum Gasteiger partial charge on any atom is -0.329 e. The fourth-order valence-corrected chi connectivity index (χ4v) is 2.44. The summed E-state index contributed by atoms with van der Waals surface area (Å²) in [4.78, 5) is 0. The Kier molecular flexibility index (Phi) is 2.69. The second kappa shape index (κ2) is 3.36. The Labute approximate surface area is 83.8 Å². The fraction of sp³-hybridized carbons (Fsp3) is 0.625. The number of nitrogens with two attached hydrogens (primary N) is 1. The van der Waals surface area contributed by atoms with Crippen LogP contribution >= 0.6 is 0 Å². The highest BCUT2D eigenvalue weighted by atomic mass is 32.2. The van der Waals surface area contributed by atoms with Crippen LogP contribution < -0.4 is 5.73 Å². The number of hydrogen-bond acceptors (Lipinski definition) is 4. The lowest BCUT2D eigenvalue weighted by atomic mass is 10.2. The van der Waals surface area contributed by atoms with Crippen LogP contribution in [0.25, 0.3) is 0 Å². The second-order valence-electron chi connectivity index (χ2n) is 3.76. The number of sulfone groups is 1. The maximum absolute atomic E-state index is 12.0. The molecule has 0 aliphatic heterocycles. The molecule has 6 heteroatoms. The SMILES string of the molecule is Cn1nccc1S(=O)(=O)C(C)(C)CN. The maximum Gasteiger partial charge on any atom is 0.201 e. The van der Waals surface area contributed by atoms with Crippen molar-refractivity contribution in [1.29, 1.82) is 0 Å². The Bertz CT molecular complexity index is 420. The summed E-state index contributed by atoms with van der Waals surface area (Å²) in [6.45, 7) is 3.30. The lowest BCUT2D eigenvalue weighted by Gasteiger charge is -2.22. The van der Waals surface area contributed by atoms with Gasteiger partial charge in [0.05, 0.1) is 10.9 Å². The van der Waals surface area contributed by atoms with Gasteiger partial charge in [-0.05, 0) is 19.9 Å². The first kappa shape index (κ1) is 11.2. The van der Waals surface area contributed by atoms with Crippen LogP contribution in [0.15, 0.2) is 17.3 Å². The van der Waals surface area contributed by atoms with Gasteiger partial charge in [0.25, 0.3) is 0 Å². The fourth-order valence-electron chi connectivity index (χ4n) is 1.02. The first-order chi connectivity index (χ1) is 6.33. The molecule has 80 valence electrons. The van der Waals surface area contributed by atoms with E-state index in [9.17, 15) is 8.42 Å². The number of nitrogens with zero attached hydrogens (tertiary/aromatic N) is 2. The lowest BCUT2D eigenvalue weighted by Crippen LogP contribution is -2.40. The van der Waals surface area contributed by atoms with E-state index in [0.717, 1.165) is 0 Å². The van der Waals surface area contributed by atoms with Gasteiger partial charge in [0.15, 0.2) is 5.03 Å². The molecule has 0 spiro atoms. The maximum atomic E-state index is 12.0. The van der Waals surface area contributed by atoms with Gasteiger partial charge in [0, 0.05) is 13.6 Å². The third-order valence-electron chi connectivity index (χ3n) is 2.27. The standard InChI is InChI=1S/C8H15N3O2S/c1-8(2,6-9)14(12,13)7-4-5-10-11(7)3/h4-5H,6,9H2,1-3H3. The summed E-state index contributed by atoms with van der Waals surface area (Å²) in [5.74, 6) is 0. The molecule has 14 heavy (non-hydrogen) atoms. The van der Waals surface area contributed by atoms with Crippen LogP contribution in [-0.2, 0) is 16.9 Å². The Morgan fingerprint density at radius 2 is 2.14 bits per heavy atom. The third kappa shape index (κ3) is 1.55. The van der Waals surface area contributed by atoms with Crippen molar-refractivity contribution in [1.82, 2.24) is 9.78 Å². The van der Waals surface area contributed by atoms with Crippen molar-refractivity contribution in [2.45, 2.75) is 23.6 Å². The van der Waals surface area contributed by atoms with Gasteiger partial charge in [0.2, 0.25) is 9.84 Å². The number of aromatic nitrogens is 2. The number of rotatable bonds is 3. The van der Waals surface area contributed by atoms with Crippen molar-refractivity contribution in [3.8, 4) is 0 Å². The molecule has 0 saturated heterocycles. The van der Waals surface area contributed by atoms with Gasteiger partial charge in [-0.15, -0.1) is 0 Å². The monoisotopic (exact) mass is 217 g/mol. The zero-order valence-corrected chi connectivity index (χ0v) is 9.37. The molecule has 1 rings (SSSR count). The quantitative estimate of drug-likeness (QED) is 0.769. The molecule has 0 fully saturated rings. The molecule has 1 aromatic rings. The van der Waals surface area contributed by atoms with E-state index in [4.69, 9.17) is 5.73 Å². The van der Waals surface area contributed by atoms with Crippen molar-refractivity contribution in [3.63, 3.8) is 0 Å². The van der Waals surface area contributed by atoms with Crippen molar-refractivity contribution in [3.05, 3.63) is 12.3 Å². The molecule has 0 bridgehead atoms. The van der Waals surface area contributed by atoms with E-state index in [-0.39, 0.29) is 11.6 Å². The average molecular weight is 217 g/mol. The molecule has 1 heterocycles. The topological polar surface area (TPSA) is 78.0 Å². The zero-order chi connectivity index (χ0) is 11.0. The van der Waals surface area contributed by atoms with Crippen molar-refractivity contribution < 1.29 is 8.42 Å². The van der Waals surface area contributed by atoms with E-state index in [0.29, 0.717) is 0 Å². The summed E-state index contributed by atoms with van der Waals surface area (Å²) in [6.07, 6.45) is 1.46. The summed E-state index contributed by atoms with van der Waals surface area (Å²) in [7, 11) is -1.80. The van der Waals surface area contributed by atoms with E-state index in [1.165, 1.54) is 16.9 Å². The first-order valence-electron chi connectivity index (χ1n) is 4.25. The van der Waals surface area contributed by atoms with Crippen molar-refractivity contribution in [2.24, 2.45) is 12.8 Å². The lowest BCUT2D eigenvalue weighted by molar-refractivity contribution is 0.533. The van der Waals surface area contributed by atoms with Crippen LogP contribution in [-0.4, -0.2) is 29.5 Å². The largest absolute Gasteiger partial charge is 0.329 e. The summed E-state index contributed by atoms with van der Waals surface area (Å²) in [6, 6.07) is 1.48. The first-order valence-corrected chi connectivity index (χ1v) is 5.74. The van der Waals surface area contributed by atoms with E-state index in [1.807, 2.05) is 0 Å². The molecule has 0 aliphatic carbocycles. The molecule has 1 aromatic heterocycles. The second-order valence-corrected chi connectivity index (χ2v) is 6.29. The molecule has 0 radical (unpaired) electrons. The summed E-state index contributed by atoms with van der Waals surface area (Å²) >= 11 is 0. The van der Waals surface area contributed by atoms with Crippen LogP contribution in [0.1, 0.15) is 13.8 Å². The summed E-state index contributed by atoms with van der Waals surface area (Å²) in [5.41, 5.74) is 5.44. The van der Waals surface area contributed by atoms with Crippen molar-refractivity contribution in [2.75, 3.05) is 6.54 Å². The molecule has 0 saturated carbocycles. The number of aryl methyl sites for hydroxylation is 1. The summed E-state index contributed by atoms with van der Waals surface area (Å²) < 4.78 is 24.4. The van der Waals surface area contributed by atoms with E-state index >= 15 is 0 Å². The minimum absolute atomic E-state index is 0.0838. The molecular weight excluding hydrogens is 202 g/mol. The van der Waals surface area contributed by atoms with E-state index < -0.39 is 14.6 Å². The van der Waals surface area contributed by atoms with Gasteiger partial charge in [-0.2, -0.15) is 5.10 Å². The van der Waals surface area contributed by atoms with Gasteiger partial charge in [-0.25, -0.2) is 8.42 Å². The highest BCUT2D eigenvalue weighted by molar-refractivity contribution is 7.92. The molecule has 5 nitrogen and oxygen atoms in total.